The zero-order valence-corrected chi connectivity index (χ0v) is 12.3. The predicted octanol–water partition coefficient (Wildman–Crippen LogP) is 2.73. The Morgan fingerprint density at radius 3 is 2.48 bits per heavy atom. The van der Waals surface area contributed by atoms with Gasteiger partial charge in [-0.3, -0.25) is 10.1 Å². The summed E-state index contributed by atoms with van der Waals surface area (Å²) in [6.45, 7) is 0. The molecule has 0 bridgehead atoms. The van der Waals surface area contributed by atoms with Crippen LogP contribution in [-0.2, 0) is 0 Å². The van der Waals surface area contributed by atoms with Crippen LogP contribution in [0.3, 0.4) is 0 Å². The van der Waals surface area contributed by atoms with Gasteiger partial charge >= 0.3 is 6.03 Å². The van der Waals surface area contributed by atoms with E-state index in [4.69, 9.17) is 9.47 Å². The third-order valence-electron chi connectivity index (χ3n) is 2.61. The van der Waals surface area contributed by atoms with E-state index in [1.54, 1.807) is 35.7 Å². The third kappa shape index (κ3) is 3.73. The summed E-state index contributed by atoms with van der Waals surface area (Å²) in [6, 6.07) is 7.69. The molecule has 0 aliphatic rings. The average molecular weight is 306 g/mol. The van der Waals surface area contributed by atoms with Gasteiger partial charge in [0, 0.05) is 11.8 Å². The highest BCUT2D eigenvalue weighted by Crippen LogP contribution is 2.29. The first-order valence-corrected chi connectivity index (χ1v) is 6.90. The second kappa shape index (κ2) is 6.76. The second-order valence-corrected chi connectivity index (χ2v) is 4.90. The summed E-state index contributed by atoms with van der Waals surface area (Å²) in [5.74, 6) is 0.598. The number of methoxy groups -OCH3 is 2. The Labute approximate surface area is 125 Å². The molecule has 2 aromatic rings. The molecule has 1 aromatic carbocycles. The lowest BCUT2D eigenvalue weighted by Crippen LogP contribution is -2.33. The molecule has 0 radical (unpaired) electrons. The van der Waals surface area contributed by atoms with Crippen LogP contribution in [0, 0.1) is 0 Å². The maximum absolute atomic E-state index is 11.8. The largest absolute Gasteiger partial charge is 0.493 e. The molecule has 0 aliphatic heterocycles. The summed E-state index contributed by atoms with van der Waals surface area (Å²) >= 11 is 1.26. The smallest absolute Gasteiger partial charge is 0.326 e. The lowest BCUT2D eigenvalue weighted by atomic mass is 10.3. The molecule has 0 unspecified atom stereocenters. The van der Waals surface area contributed by atoms with Crippen LogP contribution in [0.1, 0.15) is 9.67 Å². The normalized spacial score (nSPS) is 9.81. The number of nitrogens with one attached hydrogen (secondary N) is 2. The number of benzene rings is 1. The fraction of sp³-hybridized carbons (Fsp3) is 0.143. The minimum absolute atomic E-state index is 0.442. The van der Waals surface area contributed by atoms with Gasteiger partial charge < -0.3 is 14.8 Å². The highest BCUT2D eigenvalue weighted by atomic mass is 32.1. The standard InChI is InChI=1S/C14H14N2O4S/c1-19-10-6-5-9(8-11(10)20-2)15-14(18)16-13(17)12-4-3-7-21-12/h3-8H,1-2H3,(H2,15,16,17,18). The van der Waals surface area contributed by atoms with Crippen LogP contribution in [0.5, 0.6) is 11.5 Å². The maximum Gasteiger partial charge on any atom is 0.326 e. The molecule has 6 nitrogen and oxygen atoms in total. The Kier molecular flexibility index (Phi) is 4.78. The molecule has 0 fully saturated rings. The molecule has 1 heterocycles. The van der Waals surface area contributed by atoms with Gasteiger partial charge in [-0.2, -0.15) is 0 Å². The van der Waals surface area contributed by atoms with Crippen LogP contribution in [0.15, 0.2) is 35.7 Å². The zero-order chi connectivity index (χ0) is 15.2. The molecule has 110 valence electrons. The van der Waals surface area contributed by atoms with Crippen LogP contribution >= 0.6 is 11.3 Å². The van der Waals surface area contributed by atoms with Crippen molar-refractivity contribution in [2.45, 2.75) is 0 Å². The molecular weight excluding hydrogens is 292 g/mol. The Balaban J connectivity index is 2.01. The van der Waals surface area contributed by atoms with Crippen LogP contribution in [0.2, 0.25) is 0 Å². The van der Waals surface area contributed by atoms with E-state index in [9.17, 15) is 9.59 Å². The number of hydrogen-bond acceptors (Lipinski definition) is 5. The number of urea groups is 1. The molecule has 0 spiro atoms. The molecule has 2 rings (SSSR count). The van der Waals surface area contributed by atoms with Crippen molar-refractivity contribution in [2.24, 2.45) is 0 Å². The van der Waals surface area contributed by atoms with Gasteiger partial charge in [0.1, 0.15) is 0 Å². The van der Waals surface area contributed by atoms with Gasteiger partial charge in [0.15, 0.2) is 11.5 Å². The van der Waals surface area contributed by atoms with Gasteiger partial charge in [-0.15, -0.1) is 11.3 Å². The van der Waals surface area contributed by atoms with Crippen LogP contribution in [0.25, 0.3) is 0 Å². The first kappa shape index (κ1) is 14.9. The van der Waals surface area contributed by atoms with Crippen LogP contribution < -0.4 is 20.1 Å². The van der Waals surface area contributed by atoms with Crippen molar-refractivity contribution < 1.29 is 19.1 Å². The van der Waals surface area contributed by atoms with E-state index < -0.39 is 11.9 Å². The van der Waals surface area contributed by atoms with Gasteiger partial charge in [0.05, 0.1) is 19.1 Å². The van der Waals surface area contributed by atoms with Crippen molar-refractivity contribution in [3.63, 3.8) is 0 Å². The maximum atomic E-state index is 11.8. The van der Waals surface area contributed by atoms with Crippen LogP contribution in [-0.4, -0.2) is 26.2 Å². The fourth-order valence-electron chi connectivity index (χ4n) is 1.65. The van der Waals surface area contributed by atoms with E-state index >= 15 is 0 Å². The highest BCUT2D eigenvalue weighted by Gasteiger charge is 2.12. The predicted molar refractivity (Wildman–Crippen MR) is 80.3 cm³/mol. The zero-order valence-electron chi connectivity index (χ0n) is 11.5. The molecule has 2 N–H and O–H groups in total. The summed E-state index contributed by atoms with van der Waals surface area (Å²) in [6.07, 6.45) is 0. The van der Waals surface area contributed by atoms with E-state index in [1.165, 1.54) is 25.6 Å². The van der Waals surface area contributed by atoms with Gasteiger partial charge in [-0.1, -0.05) is 6.07 Å². The molecular formula is C14H14N2O4S. The number of carbonyl (C=O) groups excluding carboxylic acids is 2. The number of imide groups is 1. The Hall–Kier alpha value is -2.54. The number of amides is 3. The van der Waals surface area contributed by atoms with E-state index in [0.717, 1.165) is 0 Å². The minimum atomic E-state index is -0.611. The summed E-state index contributed by atoms with van der Waals surface area (Å²) in [4.78, 5) is 24.0. The van der Waals surface area contributed by atoms with Crippen molar-refractivity contribution >= 4 is 29.0 Å². The Morgan fingerprint density at radius 1 is 1.10 bits per heavy atom. The molecule has 0 aliphatic carbocycles. The quantitative estimate of drug-likeness (QED) is 0.910. The fourth-order valence-corrected chi connectivity index (χ4v) is 2.27. The molecule has 7 heteroatoms. The number of thiophene rings is 1. The number of carbonyl (C=O) groups is 2. The van der Waals surface area contributed by atoms with E-state index in [2.05, 4.69) is 10.6 Å². The summed E-state index contributed by atoms with van der Waals surface area (Å²) in [5.41, 5.74) is 0.490. The van der Waals surface area contributed by atoms with Crippen molar-refractivity contribution in [1.82, 2.24) is 5.32 Å². The molecule has 0 saturated carbocycles. The van der Waals surface area contributed by atoms with Crippen LogP contribution in [0.4, 0.5) is 10.5 Å². The topological polar surface area (TPSA) is 76.7 Å². The number of ether oxygens (including phenoxy) is 2. The Morgan fingerprint density at radius 2 is 1.86 bits per heavy atom. The Bertz CT molecular complexity index is 640. The van der Waals surface area contributed by atoms with E-state index in [0.29, 0.717) is 22.1 Å². The molecule has 0 saturated heterocycles. The highest BCUT2D eigenvalue weighted by molar-refractivity contribution is 7.12. The molecule has 21 heavy (non-hydrogen) atoms. The number of anilines is 1. The molecule has 0 atom stereocenters. The summed E-state index contributed by atoms with van der Waals surface area (Å²) in [7, 11) is 3.03. The van der Waals surface area contributed by atoms with Gasteiger partial charge in [-0.05, 0) is 23.6 Å². The van der Waals surface area contributed by atoms with Crippen molar-refractivity contribution in [1.29, 1.82) is 0 Å². The number of hydrogen-bond donors (Lipinski definition) is 2. The van der Waals surface area contributed by atoms with Gasteiger partial charge in [0.25, 0.3) is 5.91 Å². The third-order valence-corrected chi connectivity index (χ3v) is 3.48. The SMILES string of the molecule is COc1ccc(NC(=O)NC(=O)c2cccs2)cc1OC. The lowest BCUT2D eigenvalue weighted by Gasteiger charge is -2.10. The minimum Gasteiger partial charge on any atom is -0.493 e. The van der Waals surface area contributed by atoms with Crippen molar-refractivity contribution in [2.75, 3.05) is 19.5 Å². The van der Waals surface area contributed by atoms with E-state index in [-0.39, 0.29) is 0 Å². The van der Waals surface area contributed by atoms with E-state index in [1.807, 2.05) is 0 Å². The first-order valence-electron chi connectivity index (χ1n) is 6.02. The van der Waals surface area contributed by atoms with Crippen molar-refractivity contribution in [3.05, 3.63) is 40.6 Å². The molecule has 1 aromatic heterocycles. The lowest BCUT2D eigenvalue weighted by molar-refractivity contribution is 0.0971. The first-order chi connectivity index (χ1) is 10.1. The second-order valence-electron chi connectivity index (χ2n) is 3.96. The number of rotatable bonds is 4. The average Bonchev–Trinajstić information content (AvgIpc) is 3.01. The van der Waals surface area contributed by atoms with Gasteiger partial charge in [-0.25, -0.2) is 4.79 Å². The molecule has 3 amide bonds. The monoisotopic (exact) mass is 306 g/mol. The van der Waals surface area contributed by atoms with Gasteiger partial charge in [0.2, 0.25) is 0 Å². The summed E-state index contributed by atoms with van der Waals surface area (Å²) < 4.78 is 10.2. The van der Waals surface area contributed by atoms with Crippen molar-refractivity contribution in [3.8, 4) is 11.5 Å². The summed E-state index contributed by atoms with van der Waals surface area (Å²) in [5, 5.41) is 6.57.